The number of carbonyl (C=O) groups excluding carboxylic acids is 1. The van der Waals surface area contributed by atoms with Crippen LogP contribution in [0.3, 0.4) is 0 Å². The number of nitrogens with zero attached hydrogens (tertiary/aromatic N) is 1. The van der Waals surface area contributed by atoms with Gasteiger partial charge in [0.05, 0.1) is 0 Å². The van der Waals surface area contributed by atoms with Gasteiger partial charge in [0.2, 0.25) is 0 Å². The monoisotopic (exact) mass is 278 g/mol. The molecule has 0 aliphatic carbocycles. The van der Waals surface area contributed by atoms with E-state index in [1.807, 2.05) is 24.3 Å². The second kappa shape index (κ2) is 8.19. The lowest BCUT2D eigenvalue weighted by molar-refractivity contribution is -0.137. The summed E-state index contributed by atoms with van der Waals surface area (Å²) in [4.78, 5) is 23.8. The number of benzene rings is 1. The van der Waals surface area contributed by atoms with Crippen molar-refractivity contribution in [2.45, 2.75) is 33.1 Å². The van der Waals surface area contributed by atoms with E-state index in [9.17, 15) is 9.59 Å². The van der Waals surface area contributed by atoms with Crippen LogP contribution in [0.1, 0.15) is 32.3 Å². The van der Waals surface area contributed by atoms with E-state index < -0.39 is 12.0 Å². The number of aliphatic carboxylic acids is 1. The summed E-state index contributed by atoms with van der Waals surface area (Å²) in [7, 11) is 0. The number of anilines is 1. The van der Waals surface area contributed by atoms with Crippen molar-refractivity contribution in [2.24, 2.45) is 0 Å². The Hall–Kier alpha value is -2.04. The van der Waals surface area contributed by atoms with Crippen molar-refractivity contribution in [3.05, 3.63) is 29.8 Å². The summed E-state index contributed by atoms with van der Waals surface area (Å²) < 4.78 is 0. The van der Waals surface area contributed by atoms with Gasteiger partial charge in [-0.3, -0.25) is 4.79 Å². The first kappa shape index (κ1) is 16.0. The third-order valence-corrected chi connectivity index (χ3v) is 3.02. The fourth-order valence-electron chi connectivity index (χ4n) is 1.83. The number of carbonyl (C=O) groups is 2. The molecule has 5 nitrogen and oxygen atoms in total. The predicted molar refractivity (Wildman–Crippen MR) is 79.0 cm³/mol. The van der Waals surface area contributed by atoms with Crippen molar-refractivity contribution in [2.75, 3.05) is 18.4 Å². The highest BCUT2D eigenvalue weighted by molar-refractivity contribution is 5.91. The van der Waals surface area contributed by atoms with Crippen LogP contribution in [-0.4, -0.2) is 35.1 Å². The quantitative estimate of drug-likeness (QED) is 0.805. The molecular formula is C15H22N2O3. The summed E-state index contributed by atoms with van der Waals surface area (Å²) in [6.45, 7) is 3.95. The fraction of sp³-hybridized carbons (Fsp3) is 0.467. The number of carboxylic acids is 1. The summed E-state index contributed by atoms with van der Waals surface area (Å²) in [5.74, 6) is -1.02. The molecule has 1 aromatic rings. The number of likely N-dealkylation sites (N-methyl/N-ethyl adjacent to an activating group) is 1. The fourth-order valence-corrected chi connectivity index (χ4v) is 1.83. The van der Waals surface area contributed by atoms with E-state index >= 15 is 0 Å². The van der Waals surface area contributed by atoms with Crippen molar-refractivity contribution in [3.8, 4) is 0 Å². The van der Waals surface area contributed by atoms with Gasteiger partial charge in [0.1, 0.15) is 6.54 Å². The maximum atomic E-state index is 11.9. The zero-order chi connectivity index (χ0) is 15.0. The van der Waals surface area contributed by atoms with Gasteiger partial charge >= 0.3 is 12.0 Å². The average molecular weight is 278 g/mol. The van der Waals surface area contributed by atoms with Crippen LogP contribution in [0.5, 0.6) is 0 Å². The minimum atomic E-state index is -1.02. The lowest BCUT2D eigenvalue weighted by Gasteiger charge is -2.19. The molecule has 0 radical (unpaired) electrons. The Labute approximate surface area is 119 Å². The SMILES string of the molecule is CCCCc1ccc(NC(=O)N(CC)CC(=O)O)cc1. The van der Waals surface area contributed by atoms with E-state index in [1.165, 1.54) is 10.5 Å². The van der Waals surface area contributed by atoms with E-state index in [2.05, 4.69) is 12.2 Å². The smallest absolute Gasteiger partial charge is 0.323 e. The number of rotatable bonds is 7. The summed E-state index contributed by atoms with van der Waals surface area (Å²) in [5, 5.41) is 11.4. The van der Waals surface area contributed by atoms with Crippen LogP contribution in [0, 0.1) is 0 Å². The van der Waals surface area contributed by atoms with E-state index in [0.29, 0.717) is 12.2 Å². The number of hydrogen-bond donors (Lipinski definition) is 2. The summed E-state index contributed by atoms with van der Waals surface area (Å²) in [6.07, 6.45) is 3.33. The van der Waals surface area contributed by atoms with Crippen LogP contribution < -0.4 is 5.32 Å². The Kier molecular flexibility index (Phi) is 6.56. The molecule has 0 saturated carbocycles. The van der Waals surface area contributed by atoms with Crippen LogP contribution in [-0.2, 0) is 11.2 Å². The molecule has 0 heterocycles. The molecule has 1 rings (SSSR count). The molecule has 0 bridgehead atoms. The first-order valence-corrected chi connectivity index (χ1v) is 6.93. The lowest BCUT2D eigenvalue weighted by atomic mass is 10.1. The Morgan fingerprint density at radius 1 is 1.20 bits per heavy atom. The van der Waals surface area contributed by atoms with Crippen molar-refractivity contribution >= 4 is 17.7 Å². The van der Waals surface area contributed by atoms with Crippen molar-refractivity contribution in [1.29, 1.82) is 0 Å². The maximum absolute atomic E-state index is 11.9. The highest BCUT2D eigenvalue weighted by Crippen LogP contribution is 2.12. The molecule has 0 aromatic heterocycles. The molecule has 2 N–H and O–H groups in total. The summed E-state index contributed by atoms with van der Waals surface area (Å²) in [5.41, 5.74) is 1.92. The lowest BCUT2D eigenvalue weighted by Crippen LogP contribution is -2.38. The Bertz CT molecular complexity index is 443. The molecule has 20 heavy (non-hydrogen) atoms. The van der Waals surface area contributed by atoms with Crippen LogP contribution >= 0.6 is 0 Å². The van der Waals surface area contributed by atoms with Crippen LogP contribution in [0.25, 0.3) is 0 Å². The van der Waals surface area contributed by atoms with Gasteiger partial charge in [-0.15, -0.1) is 0 Å². The first-order valence-electron chi connectivity index (χ1n) is 6.93. The third kappa shape index (κ3) is 5.30. The number of nitrogens with one attached hydrogen (secondary N) is 1. The van der Waals surface area contributed by atoms with E-state index in [0.717, 1.165) is 19.3 Å². The second-order valence-corrected chi connectivity index (χ2v) is 4.64. The Morgan fingerprint density at radius 3 is 2.35 bits per heavy atom. The molecule has 5 heteroatoms. The van der Waals surface area contributed by atoms with Crippen LogP contribution in [0.15, 0.2) is 24.3 Å². The molecule has 0 unspecified atom stereocenters. The molecule has 0 saturated heterocycles. The van der Waals surface area contributed by atoms with Gasteiger partial charge in [-0.25, -0.2) is 4.79 Å². The van der Waals surface area contributed by atoms with Gasteiger partial charge in [-0.1, -0.05) is 25.5 Å². The molecule has 0 spiro atoms. The number of hydrogen-bond acceptors (Lipinski definition) is 2. The molecule has 0 fully saturated rings. The van der Waals surface area contributed by atoms with Gasteiger partial charge in [0.25, 0.3) is 0 Å². The largest absolute Gasteiger partial charge is 0.480 e. The van der Waals surface area contributed by atoms with Gasteiger partial charge in [-0.05, 0) is 37.5 Å². The molecule has 2 amide bonds. The van der Waals surface area contributed by atoms with Gasteiger partial charge in [0.15, 0.2) is 0 Å². The molecule has 1 aromatic carbocycles. The molecule has 110 valence electrons. The van der Waals surface area contributed by atoms with E-state index in [4.69, 9.17) is 5.11 Å². The van der Waals surface area contributed by atoms with Crippen LogP contribution in [0.4, 0.5) is 10.5 Å². The van der Waals surface area contributed by atoms with Crippen molar-refractivity contribution in [1.82, 2.24) is 4.90 Å². The minimum absolute atomic E-state index is 0.295. The molecule has 0 aliphatic rings. The normalized spacial score (nSPS) is 10.1. The predicted octanol–water partition coefficient (Wildman–Crippen LogP) is 2.97. The van der Waals surface area contributed by atoms with Gasteiger partial charge in [-0.2, -0.15) is 0 Å². The second-order valence-electron chi connectivity index (χ2n) is 4.64. The Morgan fingerprint density at radius 2 is 1.85 bits per heavy atom. The van der Waals surface area contributed by atoms with Crippen molar-refractivity contribution < 1.29 is 14.7 Å². The Balaban J connectivity index is 2.58. The number of urea groups is 1. The third-order valence-electron chi connectivity index (χ3n) is 3.02. The topological polar surface area (TPSA) is 69.6 Å². The molecule has 0 aliphatic heterocycles. The summed E-state index contributed by atoms with van der Waals surface area (Å²) in [6, 6.07) is 7.27. The standard InChI is InChI=1S/C15H22N2O3/c1-3-5-6-12-7-9-13(10-8-12)16-15(20)17(4-2)11-14(18)19/h7-10H,3-6,11H2,1-2H3,(H,16,20)(H,18,19). The number of amides is 2. The van der Waals surface area contributed by atoms with Crippen LogP contribution in [0.2, 0.25) is 0 Å². The highest BCUT2D eigenvalue weighted by atomic mass is 16.4. The van der Waals surface area contributed by atoms with Gasteiger partial charge < -0.3 is 15.3 Å². The number of carboxylic acid groups (broad SMARTS) is 1. The summed E-state index contributed by atoms with van der Waals surface area (Å²) >= 11 is 0. The molecule has 0 atom stereocenters. The maximum Gasteiger partial charge on any atom is 0.323 e. The highest BCUT2D eigenvalue weighted by Gasteiger charge is 2.14. The first-order chi connectivity index (χ1) is 9.56. The van der Waals surface area contributed by atoms with Gasteiger partial charge in [0, 0.05) is 12.2 Å². The van der Waals surface area contributed by atoms with Crippen molar-refractivity contribution in [3.63, 3.8) is 0 Å². The zero-order valence-electron chi connectivity index (χ0n) is 12.1. The van der Waals surface area contributed by atoms with E-state index in [-0.39, 0.29) is 6.54 Å². The number of unbranched alkanes of at least 4 members (excludes halogenated alkanes) is 1. The zero-order valence-corrected chi connectivity index (χ0v) is 12.1. The van der Waals surface area contributed by atoms with E-state index in [1.54, 1.807) is 6.92 Å². The number of aryl methyl sites for hydroxylation is 1. The molecular weight excluding hydrogens is 256 g/mol. The average Bonchev–Trinajstić information content (AvgIpc) is 2.43. The minimum Gasteiger partial charge on any atom is -0.480 e.